The van der Waals surface area contributed by atoms with Crippen molar-refractivity contribution >= 4 is 38.5 Å². The fraction of sp³-hybridized carbons (Fsp3) is 0.100. The predicted octanol–water partition coefficient (Wildman–Crippen LogP) is 5.90. The highest BCUT2D eigenvalue weighted by Gasteiger charge is 2.01. The van der Waals surface area contributed by atoms with Gasteiger partial charge >= 0.3 is 0 Å². The molecule has 3 aromatic rings. The van der Waals surface area contributed by atoms with Gasteiger partial charge in [0.2, 0.25) is 10.0 Å². The first kappa shape index (κ1) is 20.2. The molecule has 0 aliphatic rings. The van der Waals surface area contributed by atoms with E-state index in [1.807, 2.05) is 24.3 Å². The van der Waals surface area contributed by atoms with Gasteiger partial charge in [-0.3, -0.25) is 4.72 Å². The van der Waals surface area contributed by atoms with Crippen molar-refractivity contribution in [2.75, 3.05) is 18.1 Å². The van der Waals surface area contributed by atoms with Gasteiger partial charge in [0.1, 0.15) is 5.75 Å². The number of sulfonamides is 1. The first-order valence-electron chi connectivity index (χ1n) is 8.57. The Bertz CT molecular complexity index is 1110. The van der Waals surface area contributed by atoms with Gasteiger partial charge < -0.3 is 4.74 Å². The van der Waals surface area contributed by atoms with E-state index in [1.54, 1.807) is 55.6 Å². The van der Waals surface area contributed by atoms with Crippen molar-refractivity contribution in [2.24, 2.45) is 20.5 Å². The predicted molar refractivity (Wildman–Crippen MR) is 113 cm³/mol. The minimum atomic E-state index is -3.30. The van der Waals surface area contributed by atoms with Crippen LogP contribution in [0.25, 0.3) is 0 Å². The van der Waals surface area contributed by atoms with Gasteiger partial charge in [0, 0.05) is 5.69 Å². The van der Waals surface area contributed by atoms with E-state index in [0.717, 1.165) is 17.7 Å². The van der Waals surface area contributed by atoms with Gasteiger partial charge in [0.15, 0.2) is 0 Å². The minimum absolute atomic E-state index is 0.470. The number of nitrogens with zero attached hydrogens (tertiary/aromatic N) is 4. The van der Waals surface area contributed by atoms with Crippen LogP contribution in [-0.4, -0.2) is 21.8 Å². The van der Waals surface area contributed by atoms with E-state index in [0.29, 0.717) is 22.7 Å². The van der Waals surface area contributed by atoms with E-state index >= 15 is 0 Å². The summed E-state index contributed by atoms with van der Waals surface area (Å²) in [4.78, 5) is 0. The van der Waals surface area contributed by atoms with E-state index in [-0.39, 0.29) is 0 Å². The quantitative estimate of drug-likeness (QED) is 0.491. The Labute approximate surface area is 169 Å². The summed E-state index contributed by atoms with van der Waals surface area (Å²) < 4.78 is 29.9. The molecule has 0 aliphatic carbocycles. The Balaban J connectivity index is 1.61. The highest BCUT2D eigenvalue weighted by atomic mass is 32.2. The van der Waals surface area contributed by atoms with E-state index in [2.05, 4.69) is 25.2 Å². The second-order valence-electron chi connectivity index (χ2n) is 6.04. The van der Waals surface area contributed by atoms with Gasteiger partial charge in [0.05, 0.1) is 36.1 Å². The van der Waals surface area contributed by atoms with Crippen LogP contribution in [-0.2, 0) is 10.0 Å². The molecule has 8 nitrogen and oxygen atoms in total. The monoisotopic (exact) mass is 409 g/mol. The van der Waals surface area contributed by atoms with Crippen LogP contribution in [0.3, 0.4) is 0 Å². The molecule has 0 saturated carbocycles. The molecule has 0 saturated heterocycles. The SMILES string of the molecule is COc1ccc(N=Nc2ccc(N=Nc3ccc(NS(C)(=O)=O)cc3)cc2)cc1. The number of nitrogens with one attached hydrogen (secondary N) is 1. The summed E-state index contributed by atoms with van der Waals surface area (Å²) >= 11 is 0. The third-order valence-electron chi connectivity index (χ3n) is 3.65. The molecule has 0 radical (unpaired) electrons. The number of benzene rings is 3. The van der Waals surface area contributed by atoms with E-state index < -0.39 is 10.0 Å². The first-order valence-corrected chi connectivity index (χ1v) is 10.5. The molecule has 3 aromatic carbocycles. The Hall–Kier alpha value is -3.59. The van der Waals surface area contributed by atoms with E-state index in [9.17, 15) is 8.42 Å². The summed E-state index contributed by atoms with van der Waals surface area (Å²) in [7, 11) is -1.69. The Kier molecular flexibility index (Phi) is 6.30. The normalized spacial score (nSPS) is 11.8. The third-order valence-corrected chi connectivity index (χ3v) is 4.26. The largest absolute Gasteiger partial charge is 0.497 e. The zero-order valence-corrected chi connectivity index (χ0v) is 16.7. The van der Waals surface area contributed by atoms with Gasteiger partial charge in [-0.15, -0.1) is 0 Å². The topological polar surface area (TPSA) is 105 Å². The summed E-state index contributed by atoms with van der Waals surface area (Å²) in [6, 6.07) is 21.0. The van der Waals surface area contributed by atoms with Gasteiger partial charge in [-0.1, -0.05) is 0 Å². The van der Waals surface area contributed by atoms with Crippen LogP contribution < -0.4 is 9.46 Å². The average Bonchev–Trinajstić information content (AvgIpc) is 2.72. The number of hydrogen-bond acceptors (Lipinski definition) is 7. The summed E-state index contributed by atoms with van der Waals surface area (Å²) in [6.45, 7) is 0. The second-order valence-corrected chi connectivity index (χ2v) is 7.78. The molecule has 0 atom stereocenters. The summed E-state index contributed by atoms with van der Waals surface area (Å²) in [5.41, 5.74) is 3.15. The van der Waals surface area contributed by atoms with Gasteiger partial charge in [-0.25, -0.2) is 8.42 Å². The molecule has 0 heterocycles. The molecule has 148 valence electrons. The lowest BCUT2D eigenvalue weighted by molar-refractivity contribution is 0.415. The average molecular weight is 409 g/mol. The highest BCUT2D eigenvalue weighted by Crippen LogP contribution is 2.25. The van der Waals surface area contributed by atoms with Crippen molar-refractivity contribution in [1.29, 1.82) is 0 Å². The van der Waals surface area contributed by atoms with E-state index in [1.165, 1.54) is 0 Å². The number of ether oxygens (including phenoxy) is 1. The summed E-state index contributed by atoms with van der Waals surface area (Å²) in [5.74, 6) is 0.764. The highest BCUT2D eigenvalue weighted by molar-refractivity contribution is 7.92. The molecular weight excluding hydrogens is 390 g/mol. The maximum Gasteiger partial charge on any atom is 0.229 e. The number of anilines is 1. The molecule has 0 aliphatic heterocycles. The number of azo groups is 2. The third kappa shape index (κ3) is 6.51. The second kappa shape index (κ2) is 9.07. The van der Waals surface area contributed by atoms with Gasteiger partial charge in [0.25, 0.3) is 0 Å². The zero-order valence-electron chi connectivity index (χ0n) is 15.9. The molecule has 3 rings (SSSR count). The molecule has 0 bridgehead atoms. The van der Waals surface area contributed by atoms with Crippen LogP contribution in [0.4, 0.5) is 28.4 Å². The Morgan fingerprint density at radius 3 is 1.34 bits per heavy atom. The maximum absolute atomic E-state index is 11.2. The molecule has 0 spiro atoms. The molecule has 9 heteroatoms. The van der Waals surface area contributed by atoms with Crippen LogP contribution in [0.5, 0.6) is 5.75 Å². The van der Waals surface area contributed by atoms with Crippen molar-refractivity contribution in [2.45, 2.75) is 0 Å². The lowest BCUT2D eigenvalue weighted by Gasteiger charge is -2.02. The standard InChI is InChI=1S/C20H19N5O3S/c1-28-20-13-11-18(12-14-20)24-22-16-5-3-15(4-6-16)21-23-17-7-9-19(10-8-17)25-29(2,26)27/h3-14,25H,1-2H3. The lowest BCUT2D eigenvalue weighted by atomic mass is 10.3. The fourth-order valence-corrected chi connectivity index (χ4v) is 2.84. The van der Waals surface area contributed by atoms with Crippen LogP contribution in [0.15, 0.2) is 93.3 Å². The molecule has 0 amide bonds. The Morgan fingerprint density at radius 1 is 0.655 bits per heavy atom. The Morgan fingerprint density at radius 2 is 1.00 bits per heavy atom. The summed E-state index contributed by atoms with van der Waals surface area (Å²) in [6.07, 6.45) is 1.10. The molecule has 1 N–H and O–H groups in total. The molecule has 0 unspecified atom stereocenters. The number of methoxy groups -OCH3 is 1. The van der Waals surface area contributed by atoms with Crippen molar-refractivity contribution in [3.05, 3.63) is 72.8 Å². The smallest absolute Gasteiger partial charge is 0.229 e. The molecular formula is C20H19N5O3S. The first-order chi connectivity index (χ1) is 13.9. The number of rotatable bonds is 7. The van der Waals surface area contributed by atoms with Crippen LogP contribution >= 0.6 is 0 Å². The van der Waals surface area contributed by atoms with Crippen LogP contribution in [0.1, 0.15) is 0 Å². The van der Waals surface area contributed by atoms with Crippen LogP contribution in [0.2, 0.25) is 0 Å². The van der Waals surface area contributed by atoms with Gasteiger partial charge in [-0.2, -0.15) is 20.5 Å². The molecule has 0 aromatic heterocycles. The van der Waals surface area contributed by atoms with E-state index in [4.69, 9.17) is 4.74 Å². The van der Waals surface area contributed by atoms with Crippen molar-refractivity contribution in [3.8, 4) is 5.75 Å². The molecule has 0 fully saturated rings. The maximum atomic E-state index is 11.2. The fourth-order valence-electron chi connectivity index (χ4n) is 2.28. The summed E-state index contributed by atoms with van der Waals surface area (Å²) in [5, 5.41) is 16.7. The van der Waals surface area contributed by atoms with Gasteiger partial charge in [-0.05, 0) is 72.8 Å². The lowest BCUT2D eigenvalue weighted by Crippen LogP contribution is -2.09. The molecule has 29 heavy (non-hydrogen) atoms. The number of hydrogen-bond donors (Lipinski definition) is 1. The zero-order chi connectivity index (χ0) is 20.7. The van der Waals surface area contributed by atoms with Crippen molar-refractivity contribution in [1.82, 2.24) is 0 Å². The van der Waals surface area contributed by atoms with Crippen molar-refractivity contribution in [3.63, 3.8) is 0 Å². The van der Waals surface area contributed by atoms with Crippen molar-refractivity contribution < 1.29 is 13.2 Å². The van der Waals surface area contributed by atoms with Crippen LogP contribution in [0, 0.1) is 0 Å². The minimum Gasteiger partial charge on any atom is -0.497 e.